The minimum Gasteiger partial charge on any atom is -0.369 e. The molecule has 0 aliphatic rings. The van der Waals surface area contributed by atoms with E-state index in [1.54, 1.807) is 6.07 Å². The number of hydrogen-bond donors (Lipinski definition) is 1. The minimum atomic E-state index is 0.426. The number of rotatable bonds is 5. The quantitative estimate of drug-likeness (QED) is 0.843. The molecule has 1 unspecified atom stereocenters. The van der Waals surface area contributed by atoms with Gasteiger partial charge in [-0.15, -0.1) is 11.8 Å². The highest BCUT2D eigenvalue weighted by molar-refractivity contribution is 8.00. The first kappa shape index (κ1) is 13.4. The van der Waals surface area contributed by atoms with Crippen LogP contribution in [0.1, 0.15) is 12.6 Å². The van der Waals surface area contributed by atoms with Gasteiger partial charge in [0.15, 0.2) is 0 Å². The monoisotopic (exact) mass is 269 g/mol. The molecule has 4 heteroatoms. The second-order valence-electron chi connectivity index (χ2n) is 4.14. The average Bonchev–Trinajstić information content (AvgIpc) is 2.46. The number of aromatic nitrogens is 1. The van der Waals surface area contributed by atoms with Crippen molar-refractivity contribution in [1.29, 1.82) is 5.26 Å². The summed E-state index contributed by atoms with van der Waals surface area (Å²) in [5, 5.41) is 12.5. The number of benzene rings is 1. The zero-order chi connectivity index (χ0) is 13.5. The van der Waals surface area contributed by atoms with Gasteiger partial charge in [0.2, 0.25) is 0 Å². The molecule has 0 saturated carbocycles. The van der Waals surface area contributed by atoms with Gasteiger partial charge in [-0.25, -0.2) is 4.98 Å². The zero-order valence-corrected chi connectivity index (χ0v) is 11.5. The largest absolute Gasteiger partial charge is 0.369 e. The summed E-state index contributed by atoms with van der Waals surface area (Å²) in [5.41, 5.74) is 0.438. The first-order chi connectivity index (χ1) is 9.28. The Kier molecular flexibility index (Phi) is 4.82. The number of thioether (sulfide) groups is 1. The summed E-state index contributed by atoms with van der Waals surface area (Å²) in [6.45, 7) is 2.97. The van der Waals surface area contributed by atoms with Crippen LogP contribution in [0.4, 0.5) is 5.82 Å². The van der Waals surface area contributed by atoms with Crippen LogP contribution in [0.5, 0.6) is 0 Å². The SMILES string of the molecule is CC(CNc1cccc(C#N)n1)Sc1ccccc1. The Morgan fingerprint density at radius 3 is 2.74 bits per heavy atom. The highest BCUT2D eigenvalue weighted by atomic mass is 32.2. The van der Waals surface area contributed by atoms with Gasteiger partial charge in [0.1, 0.15) is 17.6 Å². The molecular formula is C15H15N3S. The van der Waals surface area contributed by atoms with E-state index >= 15 is 0 Å². The zero-order valence-electron chi connectivity index (χ0n) is 10.7. The van der Waals surface area contributed by atoms with Gasteiger partial charge >= 0.3 is 0 Å². The molecule has 1 N–H and O–H groups in total. The molecule has 0 fully saturated rings. The third kappa shape index (κ3) is 4.31. The fraction of sp³-hybridized carbons (Fsp3) is 0.200. The normalized spacial score (nSPS) is 11.6. The summed E-state index contributed by atoms with van der Waals surface area (Å²) in [7, 11) is 0. The molecule has 0 aliphatic carbocycles. The van der Waals surface area contributed by atoms with Gasteiger partial charge in [-0.05, 0) is 24.3 Å². The van der Waals surface area contributed by atoms with Crippen LogP contribution in [-0.2, 0) is 0 Å². The molecule has 19 heavy (non-hydrogen) atoms. The summed E-state index contributed by atoms with van der Waals surface area (Å²) in [4.78, 5) is 5.45. The highest BCUT2D eigenvalue weighted by Crippen LogP contribution is 2.22. The molecule has 2 rings (SSSR count). The molecule has 1 aromatic heterocycles. The van der Waals surface area contributed by atoms with Crippen molar-refractivity contribution in [3.05, 3.63) is 54.2 Å². The lowest BCUT2D eigenvalue weighted by Crippen LogP contribution is -2.14. The van der Waals surface area contributed by atoms with E-state index in [4.69, 9.17) is 5.26 Å². The molecule has 1 atom stereocenters. The molecule has 0 saturated heterocycles. The van der Waals surface area contributed by atoms with E-state index in [1.165, 1.54) is 4.90 Å². The van der Waals surface area contributed by atoms with Gasteiger partial charge in [0.25, 0.3) is 0 Å². The molecule has 1 aromatic carbocycles. The molecule has 0 amide bonds. The molecule has 0 bridgehead atoms. The van der Waals surface area contributed by atoms with Crippen molar-refractivity contribution in [2.45, 2.75) is 17.1 Å². The predicted octanol–water partition coefficient (Wildman–Crippen LogP) is 3.55. The van der Waals surface area contributed by atoms with Gasteiger partial charge < -0.3 is 5.32 Å². The lowest BCUT2D eigenvalue weighted by molar-refractivity contribution is 0.986. The molecule has 3 nitrogen and oxygen atoms in total. The van der Waals surface area contributed by atoms with Crippen LogP contribution < -0.4 is 5.32 Å². The summed E-state index contributed by atoms with van der Waals surface area (Å²) < 4.78 is 0. The first-order valence-electron chi connectivity index (χ1n) is 6.10. The summed E-state index contributed by atoms with van der Waals surface area (Å²) in [5.74, 6) is 0.750. The van der Waals surface area contributed by atoms with Crippen molar-refractivity contribution in [2.24, 2.45) is 0 Å². The maximum absolute atomic E-state index is 8.79. The minimum absolute atomic E-state index is 0.426. The van der Waals surface area contributed by atoms with E-state index in [-0.39, 0.29) is 0 Å². The summed E-state index contributed by atoms with van der Waals surface area (Å²) >= 11 is 1.82. The Hall–Kier alpha value is -1.99. The Balaban J connectivity index is 1.86. The number of nitrogens with zero attached hydrogens (tertiary/aromatic N) is 2. The Morgan fingerprint density at radius 2 is 2.00 bits per heavy atom. The van der Waals surface area contributed by atoms with Crippen molar-refractivity contribution in [2.75, 3.05) is 11.9 Å². The lowest BCUT2D eigenvalue weighted by atomic mass is 10.3. The van der Waals surface area contributed by atoms with E-state index in [0.29, 0.717) is 10.9 Å². The first-order valence-corrected chi connectivity index (χ1v) is 6.98. The van der Waals surface area contributed by atoms with Crippen LogP contribution >= 0.6 is 11.8 Å². The van der Waals surface area contributed by atoms with Crippen LogP contribution in [0.25, 0.3) is 0 Å². The molecule has 2 aromatic rings. The van der Waals surface area contributed by atoms with Crippen LogP contribution in [0.2, 0.25) is 0 Å². The van der Waals surface area contributed by atoms with Crippen molar-refractivity contribution in [1.82, 2.24) is 4.98 Å². The number of pyridine rings is 1. The standard InChI is InChI=1S/C15H15N3S/c1-12(19-14-7-3-2-4-8-14)11-17-15-9-5-6-13(10-16)18-15/h2-9,12H,11H2,1H3,(H,17,18). The number of hydrogen-bond acceptors (Lipinski definition) is 4. The Bertz CT molecular complexity index is 563. The molecule has 0 aliphatic heterocycles. The topological polar surface area (TPSA) is 48.7 Å². The fourth-order valence-corrected chi connectivity index (χ4v) is 2.56. The second kappa shape index (κ2) is 6.81. The van der Waals surface area contributed by atoms with Crippen molar-refractivity contribution in [3.63, 3.8) is 0 Å². The number of nitriles is 1. The van der Waals surface area contributed by atoms with E-state index in [1.807, 2.05) is 48.2 Å². The Morgan fingerprint density at radius 1 is 1.21 bits per heavy atom. The average molecular weight is 269 g/mol. The maximum atomic E-state index is 8.79. The molecule has 0 spiro atoms. The molecule has 1 heterocycles. The van der Waals surface area contributed by atoms with Crippen LogP contribution in [0.15, 0.2) is 53.4 Å². The van der Waals surface area contributed by atoms with Crippen molar-refractivity contribution in [3.8, 4) is 6.07 Å². The van der Waals surface area contributed by atoms with Crippen molar-refractivity contribution >= 4 is 17.6 Å². The van der Waals surface area contributed by atoms with E-state index in [0.717, 1.165) is 12.4 Å². The highest BCUT2D eigenvalue weighted by Gasteiger charge is 2.04. The maximum Gasteiger partial charge on any atom is 0.142 e. The van der Waals surface area contributed by atoms with Crippen molar-refractivity contribution < 1.29 is 0 Å². The van der Waals surface area contributed by atoms with Gasteiger partial charge in [-0.3, -0.25) is 0 Å². The molecular weight excluding hydrogens is 254 g/mol. The summed E-state index contributed by atoms with van der Waals surface area (Å²) in [6.07, 6.45) is 0. The van der Waals surface area contributed by atoms with Crippen LogP contribution in [-0.4, -0.2) is 16.8 Å². The van der Waals surface area contributed by atoms with E-state index < -0.39 is 0 Å². The third-order valence-electron chi connectivity index (χ3n) is 2.51. The second-order valence-corrected chi connectivity index (χ2v) is 5.65. The van der Waals surface area contributed by atoms with Gasteiger partial charge in [-0.1, -0.05) is 31.2 Å². The lowest BCUT2D eigenvalue weighted by Gasteiger charge is -2.12. The van der Waals surface area contributed by atoms with Gasteiger partial charge in [0, 0.05) is 16.7 Å². The van der Waals surface area contributed by atoms with Gasteiger partial charge in [0.05, 0.1) is 0 Å². The summed E-state index contributed by atoms with van der Waals surface area (Å²) in [6, 6.07) is 17.8. The number of nitrogens with one attached hydrogen (secondary N) is 1. The molecule has 0 radical (unpaired) electrons. The predicted molar refractivity (Wildman–Crippen MR) is 79.2 cm³/mol. The molecule has 96 valence electrons. The number of anilines is 1. The van der Waals surface area contributed by atoms with Crippen LogP contribution in [0.3, 0.4) is 0 Å². The van der Waals surface area contributed by atoms with Crippen LogP contribution in [0, 0.1) is 11.3 Å². The fourth-order valence-electron chi connectivity index (χ4n) is 1.62. The van der Waals surface area contributed by atoms with E-state index in [9.17, 15) is 0 Å². The Labute approximate surface area is 117 Å². The third-order valence-corrected chi connectivity index (χ3v) is 3.63. The van der Waals surface area contributed by atoms with E-state index in [2.05, 4.69) is 29.4 Å². The van der Waals surface area contributed by atoms with Gasteiger partial charge in [-0.2, -0.15) is 5.26 Å². The smallest absolute Gasteiger partial charge is 0.142 e.